The highest BCUT2D eigenvalue weighted by Gasteiger charge is 2.15. The molecule has 1 atom stereocenters. The summed E-state index contributed by atoms with van der Waals surface area (Å²) in [6.45, 7) is 3.30. The third kappa shape index (κ3) is 1.13. The number of hydrogen-bond acceptors (Lipinski definition) is 2. The highest BCUT2D eigenvalue weighted by atomic mass is 14.9. The van der Waals surface area contributed by atoms with E-state index in [0.717, 1.165) is 18.7 Å². The van der Waals surface area contributed by atoms with Crippen LogP contribution in [0, 0.1) is 5.92 Å². The molecule has 0 bridgehead atoms. The maximum Gasteiger partial charge on any atom is 0.0393 e. The predicted molar refractivity (Wildman–Crippen MR) is 52.2 cm³/mol. The Morgan fingerprint density at radius 2 is 2.33 bits per heavy atom. The van der Waals surface area contributed by atoms with Crippen LogP contribution < -0.4 is 11.1 Å². The van der Waals surface area contributed by atoms with Gasteiger partial charge in [0.15, 0.2) is 0 Å². The van der Waals surface area contributed by atoms with E-state index in [4.69, 9.17) is 5.73 Å². The van der Waals surface area contributed by atoms with Crippen molar-refractivity contribution >= 4 is 11.4 Å². The van der Waals surface area contributed by atoms with E-state index in [2.05, 4.69) is 18.3 Å². The van der Waals surface area contributed by atoms with Gasteiger partial charge in [-0.15, -0.1) is 0 Å². The van der Waals surface area contributed by atoms with Crippen molar-refractivity contribution in [1.29, 1.82) is 0 Å². The molecule has 0 fully saturated rings. The lowest BCUT2D eigenvalue weighted by Gasteiger charge is -2.24. The Morgan fingerprint density at radius 3 is 3.17 bits per heavy atom. The van der Waals surface area contributed by atoms with Gasteiger partial charge in [0.05, 0.1) is 0 Å². The van der Waals surface area contributed by atoms with Gasteiger partial charge in [0.1, 0.15) is 0 Å². The molecule has 12 heavy (non-hydrogen) atoms. The highest BCUT2D eigenvalue weighted by molar-refractivity contribution is 5.64. The number of benzene rings is 1. The van der Waals surface area contributed by atoms with Gasteiger partial charge in [-0.1, -0.05) is 13.0 Å². The van der Waals surface area contributed by atoms with Gasteiger partial charge < -0.3 is 11.1 Å². The fourth-order valence-electron chi connectivity index (χ4n) is 1.70. The normalized spacial score (nSPS) is 21.2. The highest BCUT2D eigenvalue weighted by Crippen LogP contribution is 2.28. The first-order chi connectivity index (χ1) is 5.77. The van der Waals surface area contributed by atoms with Gasteiger partial charge in [-0.05, 0) is 30.0 Å². The number of fused-ring (bicyclic) bond motifs is 1. The second-order valence-electron chi connectivity index (χ2n) is 3.56. The fourth-order valence-corrected chi connectivity index (χ4v) is 1.70. The van der Waals surface area contributed by atoms with Crippen LogP contribution in [-0.4, -0.2) is 6.54 Å². The SMILES string of the molecule is CC1CNc2cccc(N)c2C1. The largest absolute Gasteiger partial charge is 0.398 e. The van der Waals surface area contributed by atoms with Crippen molar-refractivity contribution in [1.82, 2.24) is 0 Å². The lowest BCUT2D eigenvalue weighted by Crippen LogP contribution is -2.21. The summed E-state index contributed by atoms with van der Waals surface area (Å²) >= 11 is 0. The first kappa shape index (κ1) is 7.47. The molecule has 0 saturated heterocycles. The van der Waals surface area contributed by atoms with Gasteiger partial charge in [-0.3, -0.25) is 0 Å². The number of nitrogens with two attached hydrogens (primary N) is 1. The van der Waals surface area contributed by atoms with Gasteiger partial charge >= 0.3 is 0 Å². The van der Waals surface area contributed by atoms with E-state index in [9.17, 15) is 0 Å². The standard InChI is InChI=1S/C10H14N2/c1-7-5-8-9(11)3-2-4-10(8)12-6-7/h2-4,7,12H,5-6,11H2,1H3. The molecule has 1 aromatic rings. The molecule has 0 aromatic heterocycles. The zero-order valence-corrected chi connectivity index (χ0v) is 7.30. The molecular formula is C10H14N2. The summed E-state index contributed by atoms with van der Waals surface area (Å²) in [7, 11) is 0. The summed E-state index contributed by atoms with van der Waals surface area (Å²) in [6.07, 6.45) is 1.11. The summed E-state index contributed by atoms with van der Waals surface area (Å²) < 4.78 is 0. The fraction of sp³-hybridized carbons (Fsp3) is 0.400. The molecule has 0 radical (unpaired) electrons. The van der Waals surface area contributed by atoms with Crippen molar-refractivity contribution in [2.45, 2.75) is 13.3 Å². The van der Waals surface area contributed by atoms with Crippen LogP contribution in [0.5, 0.6) is 0 Å². The van der Waals surface area contributed by atoms with E-state index in [1.54, 1.807) is 0 Å². The Balaban J connectivity index is 2.43. The molecule has 0 amide bonds. The Morgan fingerprint density at radius 1 is 1.50 bits per heavy atom. The van der Waals surface area contributed by atoms with Crippen molar-refractivity contribution in [3.63, 3.8) is 0 Å². The molecule has 2 heteroatoms. The van der Waals surface area contributed by atoms with Crippen LogP contribution in [0.25, 0.3) is 0 Å². The molecule has 1 aliphatic heterocycles. The molecule has 2 nitrogen and oxygen atoms in total. The van der Waals surface area contributed by atoms with Crippen molar-refractivity contribution in [3.8, 4) is 0 Å². The van der Waals surface area contributed by atoms with Crippen molar-refractivity contribution in [2.75, 3.05) is 17.6 Å². The van der Waals surface area contributed by atoms with E-state index in [-0.39, 0.29) is 0 Å². The van der Waals surface area contributed by atoms with Gasteiger partial charge in [0, 0.05) is 17.9 Å². The minimum atomic E-state index is 0.696. The van der Waals surface area contributed by atoms with E-state index in [1.165, 1.54) is 11.3 Å². The smallest absolute Gasteiger partial charge is 0.0393 e. The maximum absolute atomic E-state index is 5.86. The quantitative estimate of drug-likeness (QED) is 0.571. The zero-order chi connectivity index (χ0) is 8.55. The molecule has 1 aliphatic rings. The molecule has 2 rings (SSSR count). The van der Waals surface area contributed by atoms with Gasteiger partial charge in [0.25, 0.3) is 0 Å². The summed E-state index contributed by atoms with van der Waals surface area (Å²) in [5, 5.41) is 3.37. The maximum atomic E-state index is 5.86. The third-order valence-corrected chi connectivity index (χ3v) is 2.41. The van der Waals surface area contributed by atoms with Crippen molar-refractivity contribution in [2.24, 2.45) is 5.92 Å². The Hall–Kier alpha value is -1.18. The van der Waals surface area contributed by atoms with E-state index >= 15 is 0 Å². The summed E-state index contributed by atoms with van der Waals surface area (Å²) in [5.74, 6) is 0.696. The van der Waals surface area contributed by atoms with Crippen LogP contribution in [-0.2, 0) is 6.42 Å². The molecule has 3 N–H and O–H groups in total. The first-order valence-corrected chi connectivity index (χ1v) is 4.38. The number of rotatable bonds is 0. The molecule has 1 unspecified atom stereocenters. The average Bonchev–Trinajstić information content (AvgIpc) is 2.07. The predicted octanol–water partition coefficient (Wildman–Crippen LogP) is 1.87. The zero-order valence-electron chi connectivity index (χ0n) is 7.30. The second kappa shape index (κ2) is 2.70. The minimum absolute atomic E-state index is 0.696. The Bertz CT molecular complexity index is 294. The van der Waals surface area contributed by atoms with E-state index < -0.39 is 0 Å². The van der Waals surface area contributed by atoms with Crippen LogP contribution in [0.1, 0.15) is 12.5 Å². The second-order valence-corrected chi connectivity index (χ2v) is 3.56. The number of nitrogen functional groups attached to an aromatic ring is 1. The van der Waals surface area contributed by atoms with Crippen LogP contribution in [0.2, 0.25) is 0 Å². The van der Waals surface area contributed by atoms with Crippen molar-refractivity contribution < 1.29 is 0 Å². The van der Waals surface area contributed by atoms with Crippen LogP contribution in [0.3, 0.4) is 0 Å². The van der Waals surface area contributed by atoms with E-state index in [1.807, 2.05) is 12.1 Å². The van der Waals surface area contributed by atoms with Crippen LogP contribution in [0.15, 0.2) is 18.2 Å². The molecular weight excluding hydrogens is 148 g/mol. The van der Waals surface area contributed by atoms with Crippen molar-refractivity contribution in [3.05, 3.63) is 23.8 Å². The van der Waals surface area contributed by atoms with E-state index in [0.29, 0.717) is 5.92 Å². The molecule has 0 saturated carbocycles. The topological polar surface area (TPSA) is 38.0 Å². The number of hydrogen-bond donors (Lipinski definition) is 2. The summed E-state index contributed by atoms with van der Waals surface area (Å²) in [4.78, 5) is 0. The number of anilines is 2. The molecule has 0 spiro atoms. The summed E-state index contributed by atoms with van der Waals surface area (Å²) in [5.41, 5.74) is 9.29. The third-order valence-electron chi connectivity index (χ3n) is 2.41. The van der Waals surface area contributed by atoms with Crippen LogP contribution >= 0.6 is 0 Å². The summed E-state index contributed by atoms with van der Waals surface area (Å²) in [6, 6.07) is 6.06. The van der Waals surface area contributed by atoms with Gasteiger partial charge in [-0.25, -0.2) is 0 Å². The lowest BCUT2D eigenvalue weighted by atomic mass is 9.94. The molecule has 64 valence electrons. The molecule has 1 heterocycles. The Kier molecular flexibility index (Phi) is 1.68. The van der Waals surface area contributed by atoms with Crippen LogP contribution in [0.4, 0.5) is 11.4 Å². The lowest BCUT2D eigenvalue weighted by molar-refractivity contribution is 0.596. The van der Waals surface area contributed by atoms with Gasteiger partial charge in [0.2, 0.25) is 0 Å². The Labute approximate surface area is 72.8 Å². The monoisotopic (exact) mass is 162 g/mol. The first-order valence-electron chi connectivity index (χ1n) is 4.38. The molecule has 0 aliphatic carbocycles. The number of nitrogens with one attached hydrogen (secondary N) is 1. The van der Waals surface area contributed by atoms with Gasteiger partial charge in [-0.2, -0.15) is 0 Å². The average molecular weight is 162 g/mol. The molecule has 1 aromatic carbocycles. The minimum Gasteiger partial charge on any atom is -0.398 e.